The lowest BCUT2D eigenvalue weighted by molar-refractivity contribution is -0.0495. The second kappa shape index (κ2) is 12.0. The second-order valence-corrected chi connectivity index (χ2v) is 17.5. The van der Waals surface area contributed by atoms with Crippen LogP contribution in [0.15, 0.2) is 53.9 Å². The van der Waals surface area contributed by atoms with Crippen LogP contribution in [0.3, 0.4) is 0 Å². The van der Waals surface area contributed by atoms with Crippen molar-refractivity contribution in [3.63, 3.8) is 0 Å². The SMILES string of the molecule is C[Si](C)(C)CCOCn1ncc(NC(=O)c2cnn3cccnc23)c1-c1cc(SC2COC2)ccc1OC(F)F. The maximum Gasteiger partial charge on any atom is 0.387 e. The number of nitrogens with zero attached hydrogens (tertiary/aromatic N) is 5. The first-order valence-corrected chi connectivity index (χ1v) is 17.3. The Kier molecular flexibility index (Phi) is 8.49. The quantitative estimate of drug-likeness (QED) is 0.177. The number of aromatic nitrogens is 5. The Morgan fingerprint density at radius 3 is 2.80 bits per heavy atom. The van der Waals surface area contributed by atoms with Crippen molar-refractivity contribution >= 4 is 37.1 Å². The number of benzene rings is 1. The number of fused-ring (bicyclic) bond motifs is 1. The Morgan fingerprint density at radius 1 is 1.25 bits per heavy atom. The summed E-state index contributed by atoms with van der Waals surface area (Å²) >= 11 is 1.59. The first-order valence-electron chi connectivity index (χ1n) is 12.7. The average Bonchev–Trinajstić information content (AvgIpc) is 3.48. The first kappa shape index (κ1) is 28.2. The highest BCUT2D eigenvalue weighted by Crippen LogP contribution is 2.40. The van der Waals surface area contributed by atoms with Gasteiger partial charge in [0.05, 0.1) is 42.2 Å². The molecule has 0 unspecified atom stereocenters. The van der Waals surface area contributed by atoms with E-state index >= 15 is 0 Å². The Hall–Kier alpha value is -3.33. The fraction of sp³-hybridized carbons (Fsp3) is 0.385. The van der Waals surface area contributed by atoms with Crippen LogP contribution >= 0.6 is 11.8 Å². The standard InChI is InChI=1S/C26H30F2N6O4SSi/c1-40(2,3)10-9-36-16-34-23(19-11-17(39-18-14-37-15-18)5-6-22(19)38-26(27)28)21(13-31-34)32-25(35)20-12-30-33-8-4-7-29-24(20)33/h4-8,11-13,18,26H,9-10,14-16H2,1-3H3,(H,32,35). The maximum atomic E-state index is 13.4. The van der Waals surface area contributed by atoms with E-state index < -0.39 is 20.6 Å². The Morgan fingerprint density at radius 2 is 2.08 bits per heavy atom. The van der Waals surface area contributed by atoms with Crippen molar-refractivity contribution in [1.29, 1.82) is 0 Å². The van der Waals surface area contributed by atoms with Crippen LogP contribution in [-0.4, -0.2) is 70.0 Å². The second-order valence-electron chi connectivity index (χ2n) is 10.5. The van der Waals surface area contributed by atoms with Gasteiger partial charge in [0.2, 0.25) is 0 Å². The number of anilines is 1. The lowest BCUT2D eigenvalue weighted by Gasteiger charge is -2.25. The lowest BCUT2D eigenvalue weighted by atomic mass is 10.1. The molecule has 1 saturated heterocycles. The summed E-state index contributed by atoms with van der Waals surface area (Å²) in [5.74, 6) is -0.510. The average molecular weight is 589 g/mol. The van der Waals surface area contributed by atoms with Crippen LogP contribution in [0.4, 0.5) is 14.5 Å². The molecule has 40 heavy (non-hydrogen) atoms. The predicted octanol–water partition coefficient (Wildman–Crippen LogP) is 5.25. The molecular weight excluding hydrogens is 558 g/mol. The molecule has 0 saturated carbocycles. The van der Waals surface area contributed by atoms with Crippen molar-refractivity contribution < 1.29 is 27.8 Å². The Balaban J connectivity index is 1.51. The molecule has 5 rings (SSSR count). The summed E-state index contributed by atoms with van der Waals surface area (Å²) in [6, 6.07) is 7.66. The van der Waals surface area contributed by atoms with Crippen LogP contribution in [0.5, 0.6) is 5.75 Å². The van der Waals surface area contributed by atoms with E-state index in [4.69, 9.17) is 14.2 Å². The van der Waals surface area contributed by atoms with Gasteiger partial charge < -0.3 is 19.5 Å². The predicted molar refractivity (Wildman–Crippen MR) is 150 cm³/mol. The van der Waals surface area contributed by atoms with E-state index in [-0.39, 0.29) is 23.3 Å². The third kappa shape index (κ3) is 6.69. The smallest absolute Gasteiger partial charge is 0.387 e. The molecule has 0 spiro atoms. The summed E-state index contributed by atoms with van der Waals surface area (Å²) in [5.41, 5.74) is 1.68. The van der Waals surface area contributed by atoms with Gasteiger partial charge in [-0.3, -0.25) is 4.79 Å². The number of rotatable bonds is 12. The minimum atomic E-state index is -3.04. The van der Waals surface area contributed by atoms with Crippen molar-refractivity contribution in [2.75, 3.05) is 25.1 Å². The van der Waals surface area contributed by atoms with Crippen LogP contribution in [0.25, 0.3) is 16.9 Å². The highest BCUT2D eigenvalue weighted by Gasteiger charge is 2.25. The number of hydrogen-bond acceptors (Lipinski definition) is 8. The number of nitrogens with one attached hydrogen (secondary N) is 1. The minimum absolute atomic E-state index is 0.0405. The molecule has 0 aliphatic carbocycles. The summed E-state index contributed by atoms with van der Waals surface area (Å²) < 4.78 is 46.1. The minimum Gasteiger partial charge on any atom is -0.434 e. The van der Waals surface area contributed by atoms with Gasteiger partial charge in [0.1, 0.15) is 18.0 Å². The molecule has 0 atom stereocenters. The molecule has 1 aliphatic heterocycles. The number of hydrogen-bond donors (Lipinski definition) is 1. The molecule has 10 nitrogen and oxygen atoms in total. The molecule has 1 N–H and O–H groups in total. The molecule has 1 aliphatic rings. The van der Waals surface area contributed by atoms with E-state index in [1.54, 1.807) is 47.0 Å². The lowest BCUT2D eigenvalue weighted by Crippen LogP contribution is -2.30. The van der Waals surface area contributed by atoms with Crippen LogP contribution in [0.1, 0.15) is 10.4 Å². The van der Waals surface area contributed by atoms with Crippen LogP contribution in [0.2, 0.25) is 25.7 Å². The molecule has 0 bridgehead atoms. The summed E-state index contributed by atoms with van der Waals surface area (Å²) in [6.45, 7) is 5.55. The number of thioether (sulfide) groups is 1. The molecule has 1 aromatic carbocycles. The third-order valence-electron chi connectivity index (χ3n) is 6.15. The van der Waals surface area contributed by atoms with Crippen LogP contribution in [0, 0.1) is 0 Å². The van der Waals surface area contributed by atoms with E-state index in [9.17, 15) is 13.6 Å². The van der Waals surface area contributed by atoms with Crippen molar-refractivity contribution in [1.82, 2.24) is 24.4 Å². The van der Waals surface area contributed by atoms with Crippen molar-refractivity contribution in [2.45, 2.75) is 49.2 Å². The third-order valence-corrected chi connectivity index (χ3v) is 8.99. The van der Waals surface area contributed by atoms with Gasteiger partial charge in [-0.2, -0.15) is 19.0 Å². The van der Waals surface area contributed by atoms with Gasteiger partial charge in [-0.15, -0.1) is 11.8 Å². The number of alkyl halides is 2. The van der Waals surface area contributed by atoms with E-state index in [0.29, 0.717) is 42.4 Å². The molecular formula is C26H30F2N6O4SSi. The van der Waals surface area contributed by atoms with Gasteiger partial charge in [-0.25, -0.2) is 14.2 Å². The fourth-order valence-electron chi connectivity index (χ4n) is 4.01. The molecule has 3 aromatic heterocycles. The van der Waals surface area contributed by atoms with E-state index in [0.717, 1.165) is 10.9 Å². The zero-order valence-corrected chi connectivity index (χ0v) is 24.2. The zero-order valence-electron chi connectivity index (χ0n) is 22.3. The molecule has 1 fully saturated rings. The van der Waals surface area contributed by atoms with Gasteiger partial charge in [0.15, 0.2) is 5.65 Å². The van der Waals surface area contributed by atoms with Gasteiger partial charge in [-0.1, -0.05) is 19.6 Å². The van der Waals surface area contributed by atoms with Crippen molar-refractivity contribution in [2.24, 2.45) is 0 Å². The van der Waals surface area contributed by atoms with E-state index in [1.165, 1.54) is 23.0 Å². The summed E-state index contributed by atoms with van der Waals surface area (Å²) in [7, 11) is -1.33. The number of amides is 1. The molecule has 1 amide bonds. The first-order chi connectivity index (χ1) is 19.2. The summed E-state index contributed by atoms with van der Waals surface area (Å²) in [4.78, 5) is 18.4. The Bertz CT molecular complexity index is 1490. The fourth-order valence-corrected chi connectivity index (χ4v) is 5.81. The topological polar surface area (TPSA) is 105 Å². The van der Waals surface area contributed by atoms with Crippen molar-refractivity contribution in [3.8, 4) is 17.0 Å². The number of carbonyl (C=O) groups is 1. The molecule has 212 valence electrons. The summed E-state index contributed by atoms with van der Waals surface area (Å²) in [5, 5.41) is 11.8. The number of halogens is 2. The Labute approximate surface area is 235 Å². The monoisotopic (exact) mass is 588 g/mol. The van der Waals surface area contributed by atoms with Gasteiger partial charge in [0.25, 0.3) is 5.91 Å². The largest absolute Gasteiger partial charge is 0.434 e. The molecule has 14 heteroatoms. The zero-order chi connectivity index (χ0) is 28.3. The maximum absolute atomic E-state index is 13.4. The van der Waals surface area contributed by atoms with E-state index in [2.05, 4.69) is 40.1 Å². The van der Waals surface area contributed by atoms with Crippen molar-refractivity contribution in [3.05, 3.63) is 54.6 Å². The van der Waals surface area contributed by atoms with Gasteiger partial charge in [-0.05, 0) is 30.3 Å². The highest BCUT2D eigenvalue weighted by atomic mass is 32.2. The van der Waals surface area contributed by atoms with Gasteiger partial charge >= 0.3 is 6.61 Å². The molecule has 0 radical (unpaired) electrons. The number of carbonyl (C=O) groups excluding carboxylic acids is 1. The highest BCUT2D eigenvalue weighted by molar-refractivity contribution is 8.00. The van der Waals surface area contributed by atoms with Crippen LogP contribution < -0.4 is 10.1 Å². The summed E-state index contributed by atoms with van der Waals surface area (Å²) in [6.07, 6.45) is 6.15. The number of ether oxygens (including phenoxy) is 3. The molecule has 4 aromatic rings. The van der Waals surface area contributed by atoms with E-state index in [1.807, 2.05) is 0 Å². The normalized spacial score (nSPS) is 14.1. The van der Waals surface area contributed by atoms with Crippen LogP contribution in [-0.2, 0) is 16.2 Å². The molecule has 4 heterocycles. The van der Waals surface area contributed by atoms with Gasteiger partial charge in [0, 0.05) is 37.5 Å².